The lowest BCUT2D eigenvalue weighted by Crippen LogP contribution is -2.47. The number of benzene rings is 2. The summed E-state index contributed by atoms with van der Waals surface area (Å²) in [7, 11) is 0. The summed E-state index contributed by atoms with van der Waals surface area (Å²) >= 11 is 5.60. The Labute approximate surface area is 194 Å². The summed E-state index contributed by atoms with van der Waals surface area (Å²) in [6.07, 6.45) is 3.22. The van der Waals surface area contributed by atoms with Crippen molar-refractivity contribution in [3.05, 3.63) is 84.4 Å². The second-order valence-corrected chi connectivity index (χ2v) is 8.68. The molecule has 0 bridgehead atoms. The lowest BCUT2D eigenvalue weighted by Gasteiger charge is -2.32. The molecule has 31 heavy (non-hydrogen) atoms. The maximum atomic E-state index is 12.3. The fraction of sp³-hybridized carbons (Fsp3) is 0.333. The topological polar surface area (TPSA) is 67.4 Å². The molecule has 0 aliphatic rings. The zero-order valence-corrected chi connectivity index (χ0v) is 19.5. The molecule has 0 heterocycles. The molecular formula is C24H30N2O3S2. The Balaban J connectivity index is 2.00. The molecule has 0 saturated carbocycles. The highest BCUT2D eigenvalue weighted by molar-refractivity contribution is 7.99. The van der Waals surface area contributed by atoms with Crippen molar-refractivity contribution in [2.75, 3.05) is 12.3 Å². The van der Waals surface area contributed by atoms with Crippen molar-refractivity contribution in [3.63, 3.8) is 0 Å². The van der Waals surface area contributed by atoms with E-state index in [4.69, 9.17) is 4.74 Å². The summed E-state index contributed by atoms with van der Waals surface area (Å²) in [5.74, 6) is 0.0337. The quantitative estimate of drug-likeness (QED) is 0.131. The number of carbonyl (C=O) groups is 2. The predicted octanol–water partition coefficient (Wildman–Crippen LogP) is 3.96. The molecule has 0 aliphatic heterocycles. The molecule has 0 aromatic heterocycles. The van der Waals surface area contributed by atoms with E-state index >= 15 is 0 Å². The highest BCUT2D eigenvalue weighted by Crippen LogP contribution is 2.28. The normalized spacial score (nSPS) is 13.7. The van der Waals surface area contributed by atoms with E-state index in [0.29, 0.717) is 12.2 Å². The van der Waals surface area contributed by atoms with Crippen molar-refractivity contribution in [1.82, 2.24) is 10.0 Å². The molecule has 2 aromatic rings. The SMILES string of the molecule is C=CC(CCc1ccccc1)(NCC(=O)OCc1ccccc1)SN[C@@H](CS)C(C)=O. The van der Waals surface area contributed by atoms with Gasteiger partial charge in [0.1, 0.15) is 12.4 Å². The number of hydrogen-bond donors (Lipinski definition) is 3. The van der Waals surface area contributed by atoms with Crippen LogP contribution in [0.5, 0.6) is 0 Å². The van der Waals surface area contributed by atoms with Gasteiger partial charge >= 0.3 is 5.97 Å². The van der Waals surface area contributed by atoms with Crippen LogP contribution in [0.3, 0.4) is 0 Å². The van der Waals surface area contributed by atoms with Crippen molar-refractivity contribution < 1.29 is 14.3 Å². The van der Waals surface area contributed by atoms with Gasteiger partial charge in [-0.25, -0.2) is 0 Å². The van der Waals surface area contributed by atoms with Crippen LogP contribution in [0.4, 0.5) is 0 Å². The Bertz CT molecular complexity index is 833. The number of hydrogen-bond acceptors (Lipinski definition) is 7. The zero-order valence-electron chi connectivity index (χ0n) is 17.8. The Morgan fingerprint density at radius 1 is 1.13 bits per heavy atom. The number of Topliss-reactive ketones (excluding diaryl/α,β-unsaturated/α-hetero) is 1. The van der Waals surface area contributed by atoms with Crippen molar-refractivity contribution in [3.8, 4) is 0 Å². The van der Waals surface area contributed by atoms with Crippen molar-refractivity contribution in [2.24, 2.45) is 0 Å². The number of ether oxygens (including phenoxy) is 1. The first-order chi connectivity index (χ1) is 15.0. The van der Waals surface area contributed by atoms with Crippen molar-refractivity contribution >= 4 is 36.3 Å². The third kappa shape index (κ3) is 8.91. The van der Waals surface area contributed by atoms with Gasteiger partial charge in [0.25, 0.3) is 0 Å². The Morgan fingerprint density at radius 3 is 2.29 bits per heavy atom. The van der Waals surface area contributed by atoms with E-state index in [9.17, 15) is 9.59 Å². The summed E-state index contributed by atoms with van der Waals surface area (Å²) in [6, 6.07) is 19.3. The van der Waals surface area contributed by atoms with E-state index in [1.807, 2.05) is 48.5 Å². The zero-order chi connectivity index (χ0) is 22.5. The summed E-state index contributed by atoms with van der Waals surface area (Å²) in [5.41, 5.74) is 2.11. The van der Waals surface area contributed by atoms with E-state index < -0.39 is 10.9 Å². The second kappa shape index (κ2) is 13.4. The van der Waals surface area contributed by atoms with Gasteiger partial charge in [-0.3, -0.25) is 19.6 Å². The number of carbonyl (C=O) groups excluding carboxylic acids is 2. The van der Waals surface area contributed by atoms with Crippen LogP contribution in [0.15, 0.2) is 73.3 Å². The molecule has 1 unspecified atom stereocenters. The van der Waals surface area contributed by atoms with E-state index in [1.165, 1.54) is 24.4 Å². The van der Waals surface area contributed by atoms with E-state index in [-0.39, 0.29) is 24.9 Å². The molecular weight excluding hydrogens is 428 g/mol. The number of thiol groups is 1. The van der Waals surface area contributed by atoms with Gasteiger partial charge in [0.15, 0.2) is 0 Å². The van der Waals surface area contributed by atoms with E-state index in [0.717, 1.165) is 12.0 Å². The van der Waals surface area contributed by atoms with Crippen LogP contribution >= 0.6 is 24.6 Å². The molecule has 7 heteroatoms. The smallest absolute Gasteiger partial charge is 0.320 e. The standard InChI is InChI=1S/C24H30N2O3S2/c1-3-24(31-26-22(18-30)19(2)27,15-14-20-10-6-4-7-11-20)25-16-23(28)29-17-21-12-8-5-9-13-21/h3-13,22,25-26,30H,1,14-18H2,2H3/t22-,24?/m0/s1. The number of ketones is 1. The van der Waals surface area contributed by atoms with Crippen LogP contribution in [-0.2, 0) is 27.4 Å². The molecule has 0 amide bonds. The van der Waals surface area contributed by atoms with Crippen LogP contribution < -0.4 is 10.0 Å². The number of aryl methyl sites for hydroxylation is 1. The van der Waals surface area contributed by atoms with Crippen LogP contribution in [0.1, 0.15) is 24.5 Å². The Kier molecular flexibility index (Phi) is 10.9. The summed E-state index contributed by atoms with van der Waals surface area (Å²) in [4.78, 5) is 23.5. The van der Waals surface area contributed by atoms with Crippen LogP contribution in [-0.4, -0.2) is 35.0 Å². The number of esters is 1. The minimum Gasteiger partial charge on any atom is -0.460 e. The van der Waals surface area contributed by atoms with Crippen LogP contribution in [0, 0.1) is 0 Å². The molecule has 0 fully saturated rings. The maximum absolute atomic E-state index is 12.3. The second-order valence-electron chi connectivity index (χ2n) is 7.14. The van der Waals surface area contributed by atoms with Gasteiger partial charge in [-0.1, -0.05) is 78.7 Å². The lowest BCUT2D eigenvalue weighted by atomic mass is 10.0. The minimum absolute atomic E-state index is 0.00536. The number of nitrogens with one attached hydrogen (secondary N) is 2. The van der Waals surface area contributed by atoms with E-state index in [2.05, 4.69) is 41.4 Å². The third-order valence-corrected chi connectivity index (χ3v) is 6.44. The fourth-order valence-electron chi connectivity index (χ4n) is 2.80. The molecule has 0 spiro atoms. The summed E-state index contributed by atoms with van der Waals surface area (Å²) < 4.78 is 8.57. The molecule has 2 N–H and O–H groups in total. The summed E-state index contributed by atoms with van der Waals surface area (Å²) in [6.45, 7) is 5.76. The first-order valence-electron chi connectivity index (χ1n) is 10.1. The van der Waals surface area contributed by atoms with Crippen molar-refractivity contribution in [2.45, 2.75) is 37.3 Å². The van der Waals surface area contributed by atoms with Gasteiger partial charge in [0, 0.05) is 5.75 Å². The highest BCUT2D eigenvalue weighted by atomic mass is 32.2. The average molecular weight is 459 g/mol. The van der Waals surface area contributed by atoms with E-state index in [1.54, 1.807) is 6.08 Å². The Morgan fingerprint density at radius 2 is 1.74 bits per heavy atom. The monoisotopic (exact) mass is 458 g/mol. The molecule has 5 nitrogen and oxygen atoms in total. The first-order valence-corrected chi connectivity index (χ1v) is 11.6. The Hall–Kier alpha value is -2.06. The number of rotatable bonds is 14. The largest absolute Gasteiger partial charge is 0.460 e. The van der Waals surface area contributed by atoms with Crippen molar-refractivity contribution in [1.29, 1.82) is 0 Å². The molecule has 2 atom stereocenters. The summed E-state index contributed by atoms with van der Waals surface area (Å²) in [5, 5.41) is 3.28. The molecule has 2 aromatic carbocycles. The highest BCUT2D eigenvalue weighted by Gasteiger charge is 2.29. The molecule has 2 rings (SSSR count). The maximum Gasteiger partial charge on any atom is 0.320 e. The van der Waals surface area contributed by atoms with Gasteiger partial charge in [-0.15, -0.1) is 6.58 Å². The first kappa shape index (κ1) is 25.2. The molecule has 0 radical (unpaired) electrons. The third-order valence-electron chi connectivity index (χ3n) is 4.79. The van der Waals surface area contributed by atoms with Gasteiger partial charge < -0.3 is 4.74 Å². The van der Waals surface area contributed by atoms with Crippen LogP contribution in [0.2, 0.25) is 0 Å². The van der Waals surface area contributed by atoms with Gasteiger partial charge in [0.2, 0.25) is 0 Å². The minimum atomic E-state index is -0.668. The fourth-order valence-corrected chi connectivity index (χ4v) is 4.31. The van der Waals surface area contributed by atoms with Crippen LogP contribution in [0.25, 0.3) is 0 Å². The average Bonchev–Trinajstić information content (AvgIpc) is 2.80. The molecule has 0 saturated heterocycles. The van der Waals surface area contributed by atoms with Gasteiger partial charge in [0.05, 0.1) is 17.5 Å². The lowest BCUT2D eigenvalue weighted by molar-refractivity contribution is -0.144. The molecule has 166 valence electrons. The predicted molar refractivity (Wildman–Crippen MR) is 131 cm³/mol. The molecule has 0 aliphatic carbocycles. The van der Waals surface area contributed by atoms with Gasteiger partial charge in [-0.05, 0) is 30.9 Å². The van der Waals surface area contributed by atoms with Gasteiger partial charge in [-0.2, -0.15) is 12.6 Å².